The van der Waals surface area contributed by atoms with Crippen molar-refractivity contribution >= 4 is 56.9 Å². The minimum Gasteiger partial charge on any atom is -0.350 e. The Morgan fingerprint density at radius 2 is 2.08 bits per heavy atom. The van der Waals surface area contributed by atoms with Crippen molar-refractivity contribution in [2.24, 2.45) is 7.05 Å². The molecule has 1 atom stereocenters. The van der Waals surface area contributed by atoms with Gasteiger partial charge in [-0.1, -0.05) is 36.4 Å². The van der Waals surface area contributed by atoms with Gasteiger partial charge in [-0.05, 0) is 19.1 Å². The third-order valence-corrected chi connectivity index (χ3v) is 8.50. The molecular formula is C26H25ClN6O2S. The lowest BCUT2D eigenvalue weighted by Crippen LogP contribution is -2.54. The number of aromatic nitrogens is 4. The highest BCUT2D eigenvalue weighted by atomic mass is 35.5. The fourth-order valence-corrected chi connectivity index (χ4v) is 7.02. The summed E-state index contributed by atoms with van der Waals surface area (Å²) in [7, 11) is 1.93. The summed E-state index contributed by atoms with van der Waals surface area (Å²) in [6.45, 7) is 7.89. The zero-order valence-corrected chi connectivity index (χ0v) is 21.6. The molecular weight excluding hydrogens is 496 g/mol. The van der Waals surface area contributed by atoms with E-state index in [1.807, 2.05) is 43.0 Å². The lowest BCUT2D eigenvalue weighted by atomic mass is 10.00. The molecule has 1 amide bonds. The number of piperazine rings is 1. The summed E-state index contributed by atoms with van der Waals surface area (Å²) < 4.78 is 3.64. The van der Waals surface area contributed by atoms with Crippen LogP contribution in [0, 0.1) is 0 Å². The normalized spacial score (nSPS) is 17.7. The van der Waals surface area contributed by atoms with Crippen LogP contribution in [-0.2, 0) is 18.4 Å². The smallest absolute Gasteiger partial charge is 0.350 e. The molecule has 10 heteroatoms. The topological polar surface area (TPSA) is 76.3 Å². The van der Waals surface area contributed by atoms with E-state index in [0.29, 0.717) is 37.0 Å². The van der Waals surface area contributed by atoms with Gasteiger partial charge >= 0.3 is 5.69 Å². The quantitative estimate of drug-likeness (QED) is 0.381. The minimum atomic E-state index is -0.261. The molecule has 4 heterocycles. The minimum absolute atomic E-state index is 0.0192. The van der Waals surface area contributed by atoms with Gasteiger partial charge < -0.3 is 9.80 Å². The SMILES string of the molecule is C=CC(=O)N1CCN(c2nc(=O)n3c4c(c(-c5cccc6cnn(C)c56)c(Cl)cc24)SCC3)[C@@H](C)C1. The Morgan fingerprint density at radius 1 is 1.25 bits per heavy atom. The molecule has 0 aliphatic carbocycles. The van der Waals surface area contributed by atoms with Crippen LogP contribution in [0.2, 0.25) is 5.02 Å². The molecule has 2 aliphatic rings. The molecule has 0 saturated carbocycles. The maximum absolute atomic E-state index is 13.3. The van der Waals surface area contributed by atoms with Gasteiger partial charge in [0, 0.05) is 71.8 Å². The molecule has 36 heavy (non-hydrogen) atoms. The predicted molar refractivity (Wildman–Crippen MR) is 145 cm³/mol. The Labute approximate surface area is 217 Å². The number of para-hydroxylation sites is 1. The second-order valence-corrected chi connectivity index (χ2v) is 10.7. The Bertz CT molecular complexity index is 1630. The molecule has 184 valence electrons. The molecule has 0 radical (unpaired) electrons. The number of anilines is 1. The van der Waals surface area contributed by atoms with Crippen molar-refractivity contribution < 1.29 is 4.79 Å². The van der Waals surface area contributed by atoms with E-state index >= 15 is 0 Å². The van der Waals surface area contributed by atoms with E-state index in [9.17, 15) is 9.59 Å². The van der Waals surface area contributed by atoms with Crippen LogP contribution in [0.25, 0.3) is 32.9 Å². The highest BCUT2D eigenvalue weighted by molar-refractivity contribution is 7.99. The number of halogens is 1. The summed E-state index contributed by atoms with van der Waals surface area (Å²) >= 11 is 8.77. The standard InChI is InChI=1S/C26H25ClN6O2S/c1-4-20(34)31-8-9-32(15(2)14-31)25-18-12-19(27)21(17-7-5-6-16-13-28-30(3)22(16)17)24-23(18)33(10-11-36-24)26(35)29-25/h4-7,12-13,15H,1,8-11,14H2,2-3H3/t15-/m0/s1. The van der Waals surface area contributed by atoms with E-state index in [2.05, 4.69) is 27.6 Å². The third kappa shape index (κ3) is 3.44. The number of carbonyl (C=O) groups is 1. The first-order valence-corrected chi connectivity index (χ1v) is 13.2. The first-order valence-electron chi connectivity index (χ1n) is 11.9. The highest BCUT2D eigenvalue weighted by Crippen LogP contribution is 2.47. The number of hydrogen-bond donors (Lipinski definition) is 0. The second kappa shape index (κ2) is 8.67. The molecule has 2 aromatic carbocycles. The molecule has 0 N–H and O–H groups in total. The van der Waals surface area contributed by atoms with Crippen molar-refractivity contribution in [3.05, 3.63) is 58.6 Å². The number of amides is 1. The van der Waals surface area contributed by atoms with Crippen molar-refractivity contribution in [3.63, 3.8) is 0 Å². The largest absolute Gasteiger partial charge is 0.350 e. The van der Waals surface area contributed by atoms with E-state index < -0.39 is 0 Å². The average molecular weight is 521 g/mol. The summed E-state index contributed by atoms with van der Waals surface area (Å²) in [6.07, 6.45) is 3.19. The Balaban J connectivity index is 1.58. The Hall–Kier alpha value is -3.30. The van der Waals surface area contributed by atoms with Crippen molar-refractivity contribution in [3.8, 4) is 11.1 Å². The summed E-state index contributed by atoms with van der Waals surface area (Å²) in [5, 5.41) is 6.95. The molecule has 2 aliphatic heterocycles. The van der Waals surface area contributed by atoms with Gasteiger partial charge in [0.25, 0.3) is 0 Å². The van der Waals surface area contributed by atoms with Crippen LogP contribution in [0.3, 0.4) is 0 Å². The molecule has 6 rings (SSSR count). The number of hydrogen-bond acceptors (Lipinski definition) is 6. The van der Waals surface area contributed by atoms with E-state index in [1.54, 1.807) is 21.2 Å². The summed E-state index contributed by atoms with van der Waals surface area (Å²) in [4.78, 5) is 34.9. The molecule has 1 fully saturated rings. The van der Waals surface area contributed by atoms with E-state index in [1.165, 1.54) is 6.08 Å². The second-order valence-electron chi connectivity index (χ2n) is 9.22. The summed E-state index contributed by atoms with van der Waals surface area (Å²) in [6, 6.07) is 8.04. The molecule has 0 bridgehead atoms. The molecule has 1 saturated heterocycles. The highest BCUT2D eigenvalue weighted by Gasteiger charge is 2.31. The van der Waals surface area contributed by atoms with E-state index in [0.717, 1.165) is 43.6 Å². The Kier molecular flexibility index (Phi) is 5.57. The summed E-state index contributed by atoms with van der Waals surface area (Å²) in [5.74, 6) is 1.30. The van der Waals surface area contributed by atoms with Crippen LogP contribution in [0.1, 0.15) is 6.92 Å². The van der Waals surface area contributed by atoms with Crippen molar-refractivity contribution in [1.29, 1.82) is 0 Å². The molecule has 8 nitrogen and oxygen atoms in total. The number of aryl methyl sites for hydroxylation is 2. The van der Waals surface area contributed by atoms with Gasteiger partial charge in [-0.15, -0.1) is 11.8 Å². The number of thioether (sulfide) groups is 1. The third-order valence-electron chi connectivity index (χ3n) is 7.13. The summed E-state index contributed by atoms with van der Waals surface area (Å²) in [5.41, 5.74) is 3.52. The predicted octanol–water partition coefficient (Wildman–Crippen LogP) is 3.93. The van der Waals surface area contributed by atoms with Crippen LogP contribution >= 0.6 is 23.4 Å². The number of nitrogens with zero attached hydrogens (tertiary/aromatic N) is 6. The van der Waals surface area contributed by atoms with E-state index in [-0.39, 0.29) is 17.6 Å². The number of carbonyl (C=O) groups excluding carboxylic acids is 1. The van der Waals surface area contributed by atoms with Crippen molar-refractivity contribution in [2.75, 3.05) is 30.3 Å². The van der Waals surface area contributed by atoms with Crippen LogP contribution in [0.15, 0.2) is 52.8 Å². The molecule has 4 aromatic rings. The van der Waals surface area contributed by atoms with Crippen molar-refractivity contribution in [1.82, 2.24) is 24.2 Å². The van der Waals surface area contributed by atoms with Crippen LogP contribution in [0.5, 0.6) is 0 Å². The van der Waals surface area contributed by atoms with Gasteiger partial charge in [0.05, 0.1) is 22.3 Å². The van der Waals surface area contributed by atoms with Crippen LogP contribution < -0.4 is 10.6 Å². The zero-order valence-electron chi connectivity index (χ0n) is 20.1. The lowest BCUT2D eigenvalue weighted by molar-refractivity contribution is -0.126. The van der Waals surface area contributed by atoms with Crippen LogP contribution in [-0.4, -0.2) is 61.6 Å². The van der Waals surface area contributed by atoms with Gasteiger partial charge in [-0.25, -0.2) is 4.79 Å². The van der Waals surface area contributed by atoms with Gasteiger partial charge in [0.1, 0.15) is 5.82 Å². The first-order chi connectivity index (χ1) is 17.4. The maximum atomic E-state index is 13.3. The fourth-order valence-electron chi connectivity index (χ4n) is 5.46. The van der Waals surface area contributed by atoms with Gasteiger partial charge in [-0.3, -0.25) is 14.0 Å². The van der Waals surface area contributed by atoms with Gasteiger partial charge in [0.2, 0.25) is 5.91 Å². The maximum Gasteiger partial charge on any atom is 0.350 e. The monoisotopic (exact) mass is 520 g/mol. The Morgan fingerprint density at radius 3 is 2.86 bits per heavy atom. The van der Waals surface area contributed by atoms with E-state index in [4.69, 9.17) is 11.6 Å². The first kappa shape index (κ1) is 23.1. The van der Waals surface area contributed by atoms with Crippen molar-refractivity contribution in [2.45, 2.75) is 24.4 Å². The van der Waals surface area contributed by atoms with Gasteiger partial charge in [-0.2, -0.15) is 10.1 Å². The molecule has 0 spiro atoms. The molecule has 2 aromatic heterocycles. The number of benzene rings is 2. The number of rotatable bonds is 3. The molecule has 0 unspecified atom stereocenters. The van der Waals surface area contributed by atoms with Gasteiger partial charge in [0.15, 0.2) is 0 Å². The zero-order chi connectivity index (χ0) is 25.1. The van der Waals surface area contributed by atoms with Crippen LogP contribution in [0.4, 0.5) is 5.82 Å². The lowest BCUT2D eigenvalue weighted by Gasteiger charge is -2.40. The fraction of sp³-hybridized carbons (Fsp3) is 0.308. The number of fused-ring (bicyclic) bond motifs is 1. The average Bonchev–Trinajstić information content (AvgIpc) is 3.26.